The van der Waals surface area contributed by atoms with E-state index in [0.29, 0.717) is 5.69 Å². The maximum atomic E-state index is 16.9. The Morgan fingerprint density at radius 2 is 0.797 bits per heavy atom. The lowest BCUT2D eigenvalue weighted by Crippen LogP contribution is -2.61. The largest absolute Gasteiger partial charge is 0.311 e. The van der Waals surface area contributed by atoms with Gasteiger partial charge in [0.1, 0.15) is 5.82 Å². The molecule has 0 spiro atoms. The summed E-state index contributed by atoms with van der Waals surface area (Å²) in [6.07, 6.45) is 0. The molecule has 0 aliphatic carbocycles. The number of aromatic nitrogens is 1. The number of halogens is 1. The predicted molar refractivity (Wildman–Crippen MR) is 295 cm³/mol. The van der Waals surface area contributed by atoms with E-state index in [1.807, 2.05) is 12.1 Å². The molecular formula is C64H63BFN3. The third kappa shape index (κ3) is 7.31. The summed E-state index contributed by atoms with van der Waals surface area (Å²) < 4.78 is 19.3. The highest BCUT2D eigenvalue weighted by molar-refractivity contribution is 7.00. The topological polar surface area (TPSA) is 11.4 Å². The van der Waals surface area contributed by atoms with Crippen LogP contribution in [0.4, 0.5) is 38.5 Å². The van der Waals surface area contributed by atoms with E-state index < -0.39 is 0 Å². The summed E-state index contributed by atoms with van der Waals surface area (Å²) in [4.78, 5) is 4.77. The van der Waals surface area contributed by atoms with Crippen LogP contribution >= 0.6 is 0 Å². The molecular weight excluding hydrogens is 841 g/mol. The van der Waals surface area contributed by atoms with Gasteiger partial charge in [0.05, 0.1) is 28.1 Å². The Kier molecular flexibility index (Phi) is 10.1. The van der Waals surface area contributed by atoms with E-state index in [9.17, 15) is 0 Å². The molecule has 0 atom stereocenters. The van der Waals surface area contributed by atoms with Gasteiger partial charge in [0, 0.05) is 39.1 Å². The summed E-state index contributed by atoms with van der Waals surface area (Å²) in [5.74, 6) is -0.264. The predicted octanol–water partition coefficient (Wildman–Crippen LogP) is 15.9. The molecule has 344 valence electrons. The zero-order valence-electron chi connectivity index (χ0n) is 42.4. The number of hydrogen-bond donors (Lipinski definition) is 0. The normalized spacial score (nSPS) is 13.8. The third-order valence-corrected chi connectivity index (χ3v) is 14.9. The summed E-state index contributed by atoms with van der Waals surface area (Å²) in [6, 6.07) is 60.0. The molecule has 0 N–H and O–H groups in total. The van der Waals surface area contributed by atoms with Crippen molar-refractivity contribution >= 4 is 79.0 Å². The number of nitrogens with zero attached hydrogens (tertiary/aromatic N) is 3. The van der Waals surface area contributed by atoms with Crippen molar-refractivity contribution < 1.29 is 4.39 Å². The zero-order chi connectivity index (χ0) is 48.5. The van der Waals surface area contributed by atoms with Crippen LogP contribution in [0, 0.1) is 5.82 Å². The van der Waals surface area contributed by atoms with Gasteiger partial charge in [-0.2, -0.15) is 0 Å². The highest BCUT2D eigenvalue weighted by Crippen LogP contribution is 2.50. The Balaban J connectivity index is 1.32. The molecule has 0 radical (unpaired) electrons. The average molecular weight is 904 g/mol. The number of hydrogen-bond acceptors (Lipinski definition) is 2. The van der Waals surface area contributed by atoms with Gasteiger partial charge in [-0.25, -0.2) is 4.39 Å². The number of fused-ring (bicyclic) bond motifs is 7. The lowest BCUT2D eigenvalue weighted by atomic mass is 9.33. The van der Waals surface area contributed by atoms with Crippen LogP contribution in [-0.2, 0) is 21.7 Å². The molecule has 1 aromatic heterocycles. The summed E-state index contributed by atoms with van der Waals surface area (Å²) in [6.45, 7) is 27.4. The molecule has 3 nitrogen and oxygen atoms in total. The monoisotopic (exact) mass is 904 g/mol. The standard InChI is InChI=1S/C64H63BFN3/c1-61(2,3)41-27-25-40(26-28-41)48-35-42(62(4,5)6)29-32-54(48)68-55-33-30-43(63(7,8)9)36-49(55)65-50-37-44(64(10,11)12)31-34-56(50)69(57-24-18-15-21-51(57)66)59-39-45(38-58(68)60(59)65)67-52-22-16-13-19-46(52)47-20-14-17-23-53(47)67/h13-39H,1-12H3. The van der Waals surface area contributed by atoms with Gasteiger partial charge in [0.2, 0.25) is 0 Å². The van der Waals surface area contributed by atoms with Gasteiger partial charge in [0.25, 0.3) is 6.71 Å². The number of rotatable bonds is 4. The maximum Gasteiger partial charge on any atom is 0.252 e. The Morgan fingerprint density at radius 1 is 0.377 bits per heavy atom. The van der Waals surface area contributed by atoms with Crippen molar-refractivity contribution in [2.45, 2.75) is 105 Å². The van der Waals surface area contributed by atoms with Gasteiger partial charge >= 0.3 is 0 Å². The molecule has 2 aliphatic heterocycles. The van der Waals surface area contributed by atoms with Crippen LogP contribution in [0.1, 0.15) is 105 Å². The lowest BCUT2D eigenvalue weighted by molar-refractivity contribution is 0.590. The maximum absolute atomic E-state index is 16.9. The van der Waals surface area contributed by atoms with E-state index in [-0.39, 0.29) is 34.2 Å². The van der Waals surface area contributed by atoms with Gasteiger partial charge in [-0.15, -0.1) is 0 Å². The van der Waals surface area contributed by atoms with Crippen molar-refractivity contribution in [2.24, 2.45) is 0 Å². The summed E-state index contributed by atoms with van der Waals surface area (Å²) >= 11 is 0. The van der Waals surface area contributed by atoms with Crippen molar-refractivity contribution in [1.29, 1.82) is 0 Å². The Labute approximate surface area is 409 Å². The minimum absolute atomic E-state index is 0.0137. The van der Waals surface area contributed by atoms with Crippen LogP contribution in [0.5, 0.6) is 0 Å². The van der Waals surface area contributed by atoms with Crippen LogP contribution < -0.4 is 26.2 Å². The van der Waals surface area contributed by atoms with Gasteiger partial charge in [-0.3, -0.25) is 0 Å². The van der Waals surface area contributed by atoms with Gasteiger partial charge in [-0.05, 0) is 127 Å². The summed E-state index contributed by atoms with van der Waals surface area (Å²) in [5.41, 5.74) is 19.8. The average Bonchev–Trinajstić information content (AvgIpc) is 3.64. The fraction of sp³-hybridized carbons (Fsp3) is 0.250. The smallest absolute Gasteiger partial charge is 0.252 e. The fourth-order valence-corrected chi connectivity index (χ4v) is 11.0. The molecule has 11 rings (SSSR count). The quantitative estimate of drug-likeness (QED) is 0.163. The van der Waals surface area contributed by atoms with E-state index in [2.05, 4.69) is 237 Å². The Hall–Kier alpha value is -6.85. The molecule has 0 amide bonds. The van der Waals surface area contributed by atoms with Gasteiger partial charge < -0.3 is 14.4 Å². The number of benzene rings is 8. The first-order valence-electron chi connectivity index (χ1n) is 24.7. The molecule has 5 heteroatoms. The van der Waals surface area contributed by atoms with E-state index in [0.717, 1.165) is 50.6 Å². The fourth-order valence-electron chi connectivity index (χ4n) is 11.0. The minimum atomic E-state index is -0.264. The van der Waals surface area contributed by atoms with Gasteiger partial charge in [0.15, 0.2) is 0 Å². The van der Waals surface area contributed by atoms with Crippen LogP contribution in [0.3, 0.4) is 0 Å². The molecule has 69 heavy (non-hydrogen) atoms. The van der Waals surface area contributed by atoms with Crippen LogP contribution in [-0.4, -0.2) is 11.3 Å². The van der Waals surface area contributed by atoms with Crippen LogP contribution in [0.2, 0.25) is 0 Å². The molecule has 2 aliphatic rings. The minimum Gasteiger partial charge on any atom is -0.311 e. The van der Waals surface area contributed by atoms with Gasteiger partial charge in [-0.1, -0.05) is 186 Å². The van der Waals surface area contributed by atoms with Crippen molar-refractivity contribution in [3.05, 3.63) is 192 Å². The molecule has 0 fully saturated rings. The van der Waals surface area contributed by atoms with Crippen molar-refractivity contribution in [1.82, 2.24) is 4.57 Å². The highest BCUT2D eigenvalue weighted by Gasteiger charge is 2.45. The molecule has 3 heterocycles. The Morgan fingerprint density at radius 3 is 1.29 bits per heavy atom. The molecule has 0 unspecified atom stereocenters. The van der Waals surface area contributed by atoms with Crippen molar-refractivity contribution in [3.63, 3.8) is 0 Å². The second-order valence-corrected chi connectivity index (χ2v) is 23.7. The van der Waals surface area contributed by atoms with Crippen LogP contribution in [0.15, 0.2) is 164 Å². The van der Waals surface area contributed by atoms with Crippen molar-refractivity contribution in [2.75, 3.05) is 9.80 Å². The lowest BCUT2D eigenvalue weighted by Gasteiger charge is -2.45. The van der Waals surface area contributed by atoms with E-state index in [1.54, 1.807) is 12.1 Å². The molecule has 0 saturated heterocycles. The SMILES string of the molecule is CC(C)(C)c1ccc(-c2cc(C(C)(C)C)ccc2N2c3ccc(C(C)(C)C)cc3B3c4cc(C(C)(C)C)ccc4N(c4ccccc4F)c4cc(-n5c6ccccc6c6ccccc65)cc2c43)cc1. The summed E-state index contributed by atoms with van der Waals surface area (Å²) in [5, 5.41) is 2.39. The highest BCUT2D eigenvalue weighted by atomic mass is 19.1. The molecule has 9 aromatic rings. The third-order valence-electron chi connectivity index (χ3n) is 14.9. The molecule has 0 saturated carbocycles. The second kappa shape index (κ2) is 15.6. The van der Waals surface area contributed by atoms with E-state index in [4.69, 9.17) is 0 Å². The van der Waals surface area contributed by atoms with Crippen molar-refractivity contribution in [3.8, 4) is 16.8 Å². The second-order valence-electron chi connectivity index (χ2n) is 23.7. The summed E-state index contributed by atoms with van der Waals surface area (Å²) in [7, 11) is 0. The first kappa shape index (κ1) is 44.6. The zero-order valence-corrected chi connectivity index (χ0v) is 42.4. The van der Waals surface area contributed by atoms with E-state index >= 15 is 4.39 Å². The van der Waals surface area contributed by atoms with E-state index in [1.165, 1.54) is 55.1 Å². The Bertz CT molecular complexity index is 3460. The molecule has 0 bridgehead atoms. The number of para-hydroxylation sites is 3. The number of anilines is 6. The van der Waals surface area contributed by atoms with Crippen LogP contribution in [0.25, 0.3) is 38.6 Å². The first-order chi connectivity index (χ1) is 32.7. The first-order valence-corrected chi connectivity index (χ1v) is 24.7. The molecule has 8 aromatic carbocycles.